The Balaban J connectivity index is 2.81. The lowest BCUT2D eigenvalue weighted by Crippen LogP contribution is -2.70. The van der Waals surface area contributed by atoms with Gasteiger partial charge in [-0.1, -0.05) is 0 Å². The Hall–Kier alpha value is -0.920. The molecule has 2 unspecified atom stereocenters. The van der Waals surface area contributed by atoms with Gasteiger partial charge in [-0.05, 0) is 13.8 Å². The number of hydrogen-bond acceptors (Lipinski definition) is 2. The predicted molar refractivity (Wildman–Crippen MR) is 61.5 cm³/mol. The van der Waals surface area contributed by atoms with Crippen molar-refractivity contribution < 1.29 is 52.7 Å². The molecule has 2 aliphatic heterocycles. The minimum atomic E-state index is -6.14. The Morgan fingerprint density at radius 2 is 0.731 bits per heavy atom. The lowest BCUT2D eigenvalue weighted by Gasteiger charge is -2.45. The fourth-order valence-corrected chi connectivity index (χ4v) is 4.06. The number of fused-ring (bicyclic) bond motifs is 1. The third kappa shape index (κ3) is 2.36. The van der Waals surface area contributed by atoms with Crippen molar-refractivity contribution in [3.8, 4) is 0 Å². The molecule has 26 heavy (non-hydrogen) atoms. The SMILES string of the molecule is CC1CC(C(F)(F)F)(C(F)(F)F)N2C(C)CC(C(F)(F)F)(C(F)(F)F)N12. The van der Waals surface area contributed by atoms with E-state index < -0.39 is 70.7 Å². The molecule has 2 fully saturated rings. The number of hydrazine groups is 1. The summed E-state index contributed by atoms with van der Waals surface area (Å²) in [7, 11) is 0. The van der Waals surface area contributed by atoms with Gasteiger partial charge in [0.1, 0.15) is 0 Å². The van der Waals surface area contributed by atoms with Gasteiger partial charge in [-0.3, -0.25) is 0 Å². The summed E-state index contributed by atoms with van der Waals surface area (Å²) in [4.78, 5) is 0. The first-order chi connectivity index (χ1) is 11.3. The van der Waals surface area contributed by atoms with Crippen LogP contribution in [0.15, 0.2) is 0 Å². The average molecular weight is 412 g/mol. The molecule has 14 heteroatoms. The first-order valence-electron chi connectivity index (χ1n) is 7.11. The van der Waals surface area contributed by atoms with Crippen LogP contribution in [0.2, 0.25) is 0 Å². The molecule has 0 aromatic carbocycles. The van der Waals surface area contributed by atoms with Gasteiger partial charge in [0.2, 0.25) is 11.1 Å². The minimum absolute atomic E-state index is 0.483. The van der Waals surface area contributed by atoms with Crippen LogP contribution >= 0.6 is 0 Å². The Bertz CT molecular complexity index is 479. The van der Waals surface area contributed by atoms with Crippen LogP contribution in [0, 0.1) is 0 Å². The van der Waals surface area contributed by atoms with Gasteiger partial charge in [-0.25, -0.2) is 10.0 Å². The third-order valence-corrected chi connectivity index (χ3v) is 4.91. The van der Waals surface area contributed by atoms with Crippen molar-refractivity contribution in [2.45, 2.75) is 74.6 Å². The second-order valence-corrected chi connectivity index (χ2v) is 6.51. The smallest absolute Gasteiger partial charge is 0.214 e. The summed E-state index contributed by atoms with van der Waals surface area (Å²) in [6.45, 7) is 0.965. The zero-order chi connectivity index (χ0) is 20.7. The zero-order valence-corrected chi connectivity index (χ0v) is 13.0. The van der Waals surface area contributed by atoms with E-state index in [9.17, 15) is 52.7 Å². The molecule has 2 rings (SSSR count). The first kappa shape index (κ1) is 21.4. The highest BCUT2D eigenvalue weighted by Gasteiger charge is 2.87. The van der Waals surface area contributed by atoms with E-state index in [1.165, 1.54) is 0 Å². The van der Waals surface area contributed by atoms with Crippen LogP contribution in [-0.4, -0.2) is 57.9 Å². The number of nitrogens with zero attached hydrogens (tertiary/aromatic N) is 2. The topological polar surface area (TPSA) is 6.48 Å². The van der Waals surface area contributed by atoms with E-state index in [4.69, 9.17) is 0 Å². The maximum absolute atomic E-state index is 13.4. The summed E-state index contributed by atoms with van der Waals surface area (Å²) in [5.41, 5.74) is -9.67. The number of halogens is 12. The van der Waals surface area contributed by atoms with Crippen molar-refractivity contribution in [2.75, 3.05) is 0 Å². The molecule has 2 nitrogen and oxygen atoms in total. The van der Waals surface area contributed by atoms with Crippen LogP contribution < -0.4 is 0 Å². The molecular formula is C12H12F12N2. The Kier molecular flexibility index (Phi) is 4.38. The summed E-state index contributed by atoms with van der Waals surface area (Å²) >= 11 is 0. The van der Waals surface area contributed by atoms with Crippen molar-refractivity contribution in [2.24, 2.45) is 0 Å². The second-order valence-electron chi connectivity index (χ2n) is 6.51. The summed E-state index contributed by atoms with van der Waals surface area (Å²) < 4.78 is 161. The molecule has 2 atom stereocenters. The van der Waals surface area contributed by atoms with Crippen molar-refractivity contribution in [1.29, 1.82) is 0 Å². The van der Waals surface area contributed by atoms with E-state index in [1.54, 1.807) is 0 Å². The lowest BCUT2D eigenvalue weighted by atomic mass is 9.85. The van der Waals surface area contributed by atoms with Crippen LogP contribution in [0.1, 0.15) is 26.7 Å². The maximum Gasteiger partial charge on any atom is 0.417 e. The first-order valence-corrected chi connectivity index (χ1v) is 7.11. The van der Waals surface area contributed by atoms with Crippen molar-refractivity contribution in [3.63, 3.8) is 0 Å². The molecular weight excluding hydrogens is 400 g/mol. The van der Waals surface area contributed by atoms with E-state index in [0.717, 1.165) is 0 Å². The summed E-state index contributed by atoms with van der Waals surface area (Å²) in [5.74, 6) is 0. The van der Waals surface area contributed by atoms with Gasteiger partial charge in [-0.15, -0.1) is 0 Å². The second kappa shape index (κ2) is 5.32. The molecule has 2 saturated heterocycles. The number of hydrogen-bond donors (Lipinski definition) is 0. The molecule has 0 amide bonds. The van der Waals surface area contributed by atoms with Gasteiger partial charge >= 0.3 is 24.7 Å². The van der Waals surface area contributed by atoms with Gasteiger partial charge in [-0.2, -0.15) is 52.7 Å². The van der Waals surface area contributed by atoms with Gasteiger partial charge in [0.05, 0.1) is 0 Å². The Morgan fingerprint density at radius 1 is 0.538 bits per heavy atom. The minimum Gasteiger partial charge on any atom is -0.214 e. The van der Waals surface area contributed by atoms with Crippen LogP contribution in [0.4, 0.5) is 52.7 Å². The summed E-state index contributed by atoms with van der Waals surface area (Å²) in [6, 6.07) is -4.63. The number of rotatable bonds is 0. The molecule has 2 heterocycles. The Labute approximate surface area is 138 Å². The maximum atomic E-state index is 13.4. The van der Waals surface area contributed by atoms with Crippen LogP contribution in [0.3, 0.4) is 0 Å². The fourth-order valence-electron chi connectivity index (χ4n) is 4.06. The van der Waals surface area contributed by atoms with Crippen molar-refractivity contribution in [3.05, 3.63) is 0 Å². The van der Waals surface area contributed by atoms with Gasteiger partial charge < -0.3 is 0 Å². The van der Waals surface area contributed by atoms with Crippen molar-refractivity contribution >= 4 is 0 Å². The molecule has 0 aromatic rings. The van der Waals surface area contributed by atoms with Crippen LogP contribution in [0.25, 0.3) is 0 Å². The molecule has 0 N–H and O–H groups in total. The Morgan fingerprint density at radius 3 is 0.885 bits per heavy atom. The van der Waals surface area contributed by atoms with Crippen molar-refractivity contribution in [1.82, 2.24) is 10.0 Å². The highest BCUT2D eigenvalue weighted by molar-refractivity contribution is 5.20. The predicted octanol–water partition coefficient (Wildman–Crippen LogP) is 4.82. The highest BCUT2D eigenvalue weighted by Crippen LogP contribution is 2.64. The van der Waals surface area contributed by atoms with E-state index in [2.05, 4.69) is 0 Å². The summed E-state index contributed by atoms with van der Waals surface area (Å²) in [6.07, 6.45) is -28.6. The van der Waals surface area contributed by atoms with E-state index >= 15 is 0 Å². The van der Waals surface area contributed by atoms with E-state index in [1.807, 2.05) is 0 Å². The van der Waals surface area contributed by atoms with Crippen LogP contribution in [0.5, 0.6) is 0 Å². The lowest BCUT2D eigenvalue weighted by molar-refractivity contribution is -0.382. The van der Waals surface area contributed by atoms with E-state index in [-0.39, 0.29) is 0 Å². The summed E-state index contributed by atoms with van der Waals surface area (Å²) in [5, 5.41) is -1.61. The van der Waals surface area contributed by atoms with Gasteiger partial charge in [0.15, 0.2) is 0 Å². The highest BCUT2D eigenvalue weighted by atomic mass is 19.4. The molecule has 0 radical (unpaired) electrons. The van der Waals surface area contributed by atoms with E-state index in [0.29, 0.717) is 13.8 Å². The molecule has 0 aliphatic carbocycles. The quantitative estimate of drug-likeness (QED) is 0.527. The molecule has 0 aromatic heterocycles. The molecule has 0 bridgehead atoms. The van der Waals surface area contributed by atoms with Gasteiger partial charge in [0, 0.05) is 24.9 Å². The molecule has 2 aliphatic rings. The molecule has 154 valence electrons. The standard InChI is InChI=1S/C12H12F12N2/c1-5-3-7(9(13,14)15,10(16,17)18)26-6(2)4-8(25(5)26,11(19,20)21)12(22,23)24/h5-6H,3-4H2,1-2H3. The zero-order valence-electron chi connectivity index (χ0n) is 13.0. The monoisotopic (exact) mass is 412 g/mol. The van der Waals surface area contributed by atoms with Crippen LogP contribution in [-0.2, 0) is 0 Å². The average Bonchev–Trinajstić information content (AvgIpc) is 2.82. The fraction of sp³-hybridized carbons (Fsp3) is 1.00. The molecule has 0 saturated carbocycles. The third-order valence-electron chi connectivity index (χ3n) is 4.91. The van der Waals surface area contributed by atoms with Gasteiger partial charge in [0.25, 0.3) is 0 Å². The number of alkyl halides is 12. The molecule has 0 spiro atoms. The normalized spacial score (nSPS) is 30.7. The largest absolute Gasteiger partial charge is 0.417 e.